The molecule has 0 spiro atoms. The first-order chi connectivity index (χ1) is 11.5. The molecular weight excluding hydrogens is 389 g/mol. The Balaban J connectivity index is 0.00000169. The Morgan fingerprint density at radius 1 is 1.12 bits per heavy atom. The van der Waals surface area contributed by atoms with Crippen molar-refractivity contribution in [1.82, 2.24) is 9.80 Å². The number of ether oxygens (including phenoxy) is 2. The van der Waals surface area contributed by atoms with Gasteiger partial charge in [-0.2, -0.15) is 0 Å². The van der Waals surface area contributed by atoms with E-state index in [2.05, 4.69) is 4.90 Å². The predicted molar refractivity (Wildman–Crippen MR) is 99.1 cm³/mol. The number of nitrogens with zero attached hydrogens (tertiary/aromatic N) is 2. The Morgan fingerprint density at radius 3 is 2.35 bits per heavy atom. The molecule has 9 heteroatoms. The van der Waals surface area contributed by atoms with Crippen LogP contribution in [-0.4, -0.2) is 66.9 Å². The van der Waals surface area contributed by atoms with Crippen LogP contribution in [0.5, 0.6) is 0 Å². The monoisotopic (exact) mass is 418 g/mol. The molecule has 2 saturated heterocycles. The average Bonchev–Trinajstić information content (AvgIpc) is 2.99. The first kappa shape index (κ1) is 23.8. The standard InChI is InChI=1S/C17H28F2N2O3.2ClH/c1-2-23-16(22)13-5-7-14(8-6-13)24-12-20-9-3-4-15(20)21-10-17(18,19)11-21;;/h13-15H,2-12H2,1H3;2*1H/t13?,14?,15-;;/m1../s1. The van der Waals surface area contributed by atoms with E-state index in [1.54, 1.807) is 0 Å². The van der Waals surface area contributed by atoms with Crippen LogP contribution < -0.4 is 0 Å². The number of rotatable bonds is 6. The Hall–Kier alpha value is -0.210. The van der Waals surface area contributed by atoms with Gasteiger partial charge in [0.2, 0.25) is 0 Å². The summed E-state index contributed by atoms with van der Waals surface area (Å²) in [5, 5.41) is 0. The van der Waals surface area contributed by atoms with E-state index in [9.17, 15) is 13.6 Å². The second-order valence-electron chi connectivity index (χ2n) is 7.22. The Bertz CT molecular complexity index is 444. The normalized spacial score (nSPS) is 31.4. The van der Waals surface area contributed by atoms with E-state index in [4.69, 9.17) is 9.47 Å². The second-order valence-corrected chi connectivity index (χ2v) is 7.22. The van der Waals surface area contributed by atoms with Gasteiger partial charge in [-0.3, -0.25) is 14.6 Å². The maximum atomic E-state index is 13.1. The number of hydrogen-bond donors (Lipinski definition) is 0. The van der Waals surface area contributed by atoms with Crippen LogP contribution in [0, 0.1) is 5.92 Å². The van der Waals surface area contributed by atoms with Crippen molar-refractivity contribution in [2.24, 2.45) is 5.92 Å². The van der Waals surface area contributed by atoms with Crippen LogP contribution in [0.3, 0.4) is 0 Å². The highest BCUT2D eigenvalue weighted by molar-refractivity contribution is 5.85. The van der Waals surface area contributed by atoms with E-state index in [0.29, 0.717) is 13.3 Å². The summed E-state index contributed by atoms with van der Waals surface area (Å²) in [5.74, 6) is -2.59. The van der Waals surface area contributed by atoms with Crippen LogP contribution in [0.2, 0.25) is 0 Å². The molecule has 3 fully saturated rings. The molecule has 1 atom stereocenters. The lowest BCUT2D eigenvalue weighted by Gasteiger charge is -2.45. The van der Waals surface area contributed by atoms with Crippen LogP contribution in [0.4, 0.5) is 8.78 Å². The molecule has 0 unspecified atom stereocenters. The third-order valence-electron chi connectivity index (χ3n) is 5.39. The molecule has 26 heavy (non-hydrogen) atoms. The van der Waals surface area contributed by atoms with E-state index >= 15 is 0 Å². The van der Waals surface area contributed by atoms with E-state index in [1.165, 1.54) is 0 Å². The van der Waals surface area contributed by atoms with Crippen LogP contribution in [0.1, 0.15) is 45.4 Å². The van der Waals surface area contributed by atoms with Gasteiger partial charge in [0.15, 0.2) is 0 Å². The number of alkyl halides is 2. The number of likely N-dealkylation sites (tertiary alicyclic amines) is 2. The van der Waals surface area contributed by atoms with Crippen LogP contribution in [-0.2, 0) is 14.3 Å². The van der Waals surface area contributed by atoms with Gasteiger partial charge in [0.1, 0.15) is 6.73 Å². The molecule has 2 aliphatic heterocycles. The minimum Gasteiger partial charge on any atom is -0.466 e. The summed E-state index contributed by atoms with van der Waals surface area (Å²) < 4.78 is 37.2. The first-order valence-electron chi connectivity index (χ1n) is 9.12. The average molecular weight is 419 g/mol. The number of carbonyl (C=O) groups is 1. The van der Waals surface area contributed by atoms with Crippen molar-refractivity contribution in [2.75, 3.05) is 33.0 Å². The highest BCUT2D eigenvalue weighted by atomic mass is 35.5. The Morgan fingerprint density at radius 2 is 1.77 bits per heavy atom. The highest BCUT2D eigenvalue weighted by Crippen LogP contribution is 2.34. The summed E-state index contributed by atoms with van der Waals surface area (Å²) in [5.41, 5.74) is 0. The van der Waals surface area contributed by atoms with Crippen LogP contribution in [0.25, 0.3) is 0 Å². The van der Waals surface area contributed by atoms with E-state index in [0.717, 1.165) is 45.1 Å². The van der Waals surface area contributed by atoms with Gasteiger partial charge < -0.3 is 9.47 Å². The molecule has 3 rings (SSSR count). The molecule has 0 amide bonds. The van der Waals surface area contributed by atoms with Crippen molar-refractivity contribution in [3.05, 3.63) is 0 Å². The molecule has 154 valence electrons. The van der Waals surface area contributed by atoms with Crippen molar-refractivity contribution in [2.45, 2.75) is 63.6 Å². The summed E-state index contributed by atoms with van der Waals surface area (Å²) in [6.07, 6.45) is 5.58. The zero-order chi connectivity index (χ0) is 17.2. The zero-order valence-corrected chi connectivity index (χ0v) is 16.8. The summed E-state index contributed by atoms with van der Waals surface area (Å²) in [7, 11) is 0. The number of halogens is 4. The van der Waals surface area contributed by atoms with Gasteiger partial charge >= 0.3 is 5.97 Å². The molecule has 5 nitrogen and oxygen atoms in total. The maximum absolute atomic E-state index is 13.1. The van der Waals surface area contributed by atoms with E-state index in [1.807, 2.05) is 11.8 Å². The lowest BCUT2D eigenvalue weighted by Crippen LogP contribution is -2.62. The minimum absolute atomic E-state index is 0. The lowest BCUT2D eigenvalue weighted by molar-refractivity contribution is -0.175. The van der Waals surface area contributed by atoms with Gasteiger partial charge in [-0.25, -0.2) is 8.78 Å². The van der Waals surface area contributed by atoms with Gasteiger partial charge in [-0.1, -0.05) is 0 Å². The molecule has 1 aliphatic carbocycles. The second kappa shape index (κ2) is 10.4. The van der Waals surface area contributed by atoms with Gasteiger partial charge in [-0.05, 0) is 45.4 Å². The van der Waals surface area contributed by atoms with Crippen molar-refractivity contribution < 1.29 is 23.0 Å². The van der Waals surface area contributed by atoms with Crippen molar-refractivity contribution in [3.63, 3.8) is 0 Å². The van der Waals surface area contributed by atoms with Crippen molar-refractivity contribution in [1.29, 1.82) is 0 Å². The molecule has 2 heterocycles. The Kier molecular flexibility index (Phi) is 9.50. The third-order valence-corrected chi connectivity index (χ3v) is 5.39. The van der Waals surface area contributed by atoms with Gasteiger partial charge in [0.25, 0.3) is 5.92 Å². The fourth-order valence-corrected chi connectivity index (χ4v) is 4.06. The molecule has 3 aliphatic rings. The molecule has 0 radical (unpaired) electrons. The van der Waals surface area contributed by atoms with E-state index < -0.39 is 5.92 Å². The van der Waals surface area contributed by atoms with Gasteiger partial charge in [0.05, 0.1) is 37.9 Å². The SMILES string of the molecule is CCOC(=O)C1CCC(OCN2CCC[C@H]2N2CC(F)(F)C2)CC1.Cl.Cl. The minimum atomic E-state index is -2.51. The number of esters is 1. The number of carbonyl (C=O) groups excluding carboxylic acids is 1. The molecule has 0 aromatic carbocycles. The topological polar surface area (TPSA) is 42.0 Å². The van der Waals surface area contributed by atoms with Gasteiger partial charge in [0, 0.05) is 6.54 Å². The van der Waals surface area contributed by atoms with Crippen molar-refractivity contribution in [3.8, 4) is 0 Å². The summed E-state index contributed by atoms with van der Waals surface area (Å²) in [4.78, 5) is 15.8. The molecule has 0 bridgehead atoms. The quantitative estimate of drug-likeness (QED) is 0.619. The molecule has 0 aromatic rings. The van der Waals surface area contributed by atoms with Crippen LogP contribution >= 0.6 is 24.8 Å². The molecular formula is C17H30Cl2F2N2O3. The maximum Gasteiger partial charge on any atom is 0.308 e. The summed E-state index contributed by atoms with van der Waals surface area (Å²) >= 11 is 0. The fraction of sp³-hybridized carbons (Fsp3) is 0.941. The Labute approximate surface area is 166 Å². The molecule has 0 aromatic heterocycles. The van der Waals surface area contributed by atoms with E-state index in [-0.39, 0.29) is 62.1 Å². The smallest absolute Gasteiger partial charge is 0.308 e. The largest absolute Gasteiger partial charge is 0.466 e. The summed E-state index contributed by atoms with van der Waals surface area (Å²) in [6, 6.07) is 0. The van der Waals surface area contributed by atoms with Crippen LogP contribution in [0.15, 0.2) is 0 Å². The lowest BCUT2D eigenvalue weighted by atomic mass is 9.87. The zero-order valence-electron chi connectivity index (χ0n) is 15.2. The highest BCUT2D eigenvalue weighted by Gasteiger charge is 2.48. The molecule has 1 saturated carbocycles. The summed E-state index contributed by atoms with van der Waals surface area (Å²) in [6.45, 7) is 3.41. The first-order valence-corrected chi connectivity index (χ1v) is 9.12. The fourth-order valence-electron chi connectivity index (χ4n) is 4.06. The molecule has 0 N–H and O–H groups in total. The van der Waals surface area contributed by atoms with Crippen molar-refractivity contribution >= 4 is 30.8 Å². The predicted octanol–water partition coefficient (Wildman–Crippen LogP) is 3.30. The third kappa shape index (κ3) is 5.89. The number of hydrogen-bond acceptors (Lipinski definition) is 5. The van der Waals surface area contributed by atoms with Gasteiger partial charge in [-0.15, -0.1) is 24.8 Å².